The molecule has 0 aromatic carbocycles. The van der Waals surface area contributed by atoms with Gasteiger partial charge in [-0.05, 0) is 9.39 Å². The van der Waals surface area contributed by atoms with Crippen LogP contribution in [-0.4, -0.2) is 26.0 Å². The predicted octanol–water partition coefficient (Wildman–Crippen LogP) is 0.371. The van der Waals surface area contributed by atoms with Gasteiger partial charge in [0.25, 0.3) is 0 Å². The van der Waals surface area contributed by atoms with E-state index >= 15 is 0 Å². The first-order valence-electron chi connectivity index (χ1n) is 4.35. The molecule has 15 heavy (non-hydrogen) atoms. The first kappa shape index (κ1) is 11.4. The molecule has 0 saturated heterocycles. The van der Waals surface area contributed by atoms with Crippen molar-refractivity contribution in [1.82, 2.24) is 14.0 Å². The summed E-state index contributed by atoms with van der Waals surface area (Å²) in [6.45, 7) is 0.675. The van der Waals surface area contributed by atoms with Gasteiger partial charge in [-0.25, -0.2) is 4.98 Å². The van der Waals surface area contributed by atoms with E-state index in [9.17, 15) is 4.79 Å². The van der Waals surface area contributed by atoms with Crippen LogP contribution in [0.15, 0.2) is 6.33 Å². The summed E-state index contributed by atoms with van der Waals surface area (Å²) in [6, 6.07) is -0.264. The van der Waals surface area contributed by atoms with Crippen molar-refractivity contribution in [2.45, 2.75) is 19.0 Å². The maximum atomic E-state index is 11.5. The van der Waals surface area contributed by atoms with Crippen LogP contribution in [-0.2, 0) is 22.3 Å². The highest BCUT2D eigenvalue weighted by Crippen LogP contribution is 2.27. The Kier molecular flexibility index (Phi) is 3.37. The summed E-state index contributed by atoms with van der Waals surface area (Å²) in [5, 5.41) is 0. The van der Waals surface area contributed by atoms with Gasteiger partial charge in [0.1, 0.15) is 6.04 Å². The minimum Gasteiger partial charge on any atom is -0.450 e. The van der Waals surface area contributed by atoms with E-state index in [1.54, 1.807) is 6.33 Å². The van der Waals surface area contributed by atoms with Gasteiger partial charge in [-0.1, -0.05) is 9.39 Å². The molecule has 0 amide bonds. The fourth-order valence-electron chi connectivity index (χ4n) is 1.65. The van der Waals surface area contributed by atoms with Gasteiger partial charge < -0.3 is 8.86 Å². The molecule has 1 aliphatic heterocycles. The Bertz CT molecular complexity index is 395. The van der Waals surface area contributed by atoms with E-state index in [0.29, 0.717) is 13.0 Å². The Labute approximate surface area is 94.7 Å². The zero-order chi connectivity index (χ0) is 11.0. The molecule has 8 heteroatoms. The summed E-state index contributed by atoms with van der Waals surface area (Å²) >= 11 is 0. The molecule has 82 valence electrons. The second kappa shape index (κ2) is 4.43. The lowest BCUT2D eigenvalue weighted by Crippen LogP contribution is -2.40. The van der Waals surface area contributed by atoms with Gasteiger partial charge in [0.05, 0.1) is 27.2 Å². The van der Waals surface area contributed by atoms with Crippen LogP contribution >= 0.6 is 28.2 Å². The highest BCUT2D eigenvalue weighted by Gasteiger charge is 2.32. The van der Waals surface area contributed by atoms with Crippen LogP contribution in [0, 0.1) is 0 Å². The van der Waals surface area contributed by atoms with E-state index < -0.39 is 0 Å². The number of aromatic nitrogens is 2. The van der Waals surface area contributed by atoms with Crippen molar-refractivity contribution in [2.75, 3.05) is 0 Å². The van der Waals surface area contributed by atoms with Gasteiger partial charge >= 0.3 is 5.97 Å². The van der Waals surface area contributed by atoms with Crippen molar-refractivity contribution in [3.05, 3.63) is 17.7 Å². The molecule has 4 atom stereocenters. The van der Waals surface area contributed by atoms with Crippen molar-refractivity contribution >= 4 is 34.2 Å². The number of carbonyl (C=O) groups excluding carboxylic acids is 1. The minimum atomic E-state index is -0.264. The molecule has 0 spiro atoms. The normalized spacial score (nSPS) is 21.1. The fraction of sp³-hybridized carbons (Fsp3) is 0.429. The zero-order valence-electron chi connectivity index (χ0n) is 7.96. The van der Waals surface area contributed by atoms with Gasteiger partial charge in [0.2, 0.25) is 0 Å². The lowest BCUT2D eigenvalue weighted by atomic mass is 10.1. The molecule has 2 rings (SSSR count). The van der Waals surface area contributed by atoms with Crippen LogP contribution in [0.3, 0.4) is 0 Å². The number of fused-ring (bicyclic) bond motifs is 1. The van der Waals surface area contributed by atoms with Gasteiger partial charge in [-0.2, -0.15) is 0 Å². The molecule has 0 fully saturated rings. The average Bonchev–Trinajstić information content (AvgIpc) is 2.58. The molecule has 5 nitrogen and oxygen atoms in total. The molecule has 0 aliphatic carbocycles. The van der Waals surface area contributed by atoms with Crippen LogP contribution in [0.25, 0.3) is 0 Å². The van der Waals surface area contributed by atoms with Crippen molar-refractivity contribution in [3.63, 3.8) is 0 Å². The Morgan fingerprint density at radius 2 is 2.33 bits per heavy atom. The fourth-order valence-corrected chi connectivity index (χ4v) is 2.50. The van der Waals surface area contributed by atoms with Gasteiger partial charge in [0, 0.05) is 13.0 Å². The van der Waals surface area contributed by atoms with Gasteiger partial charge in [-0.15, -0.1) is 0 Å². The average molecular weight is 263 g/mol. The zero-order valence-corrected chi connectivity index (χ0v) is 11.4. The summed E-state index contributed by atoms with van der Waals surface area (Å²) in [5.41, 5.74) is 2.08. The highest BCUT2D eigenvalue weighted by atomic mass is 31.0. The molecule has 1 aromatic rings. The van der Waals surface area contributed by atoms with Crippen LogP contribution in [0.2, 0.25) is 0 Å². The lowest BCUT2D eigenvalue weighted by molar-refractivity contribution is -0.137. The number of hydrogen-bond acceptors (Lipinski definition) is 4. The molecule has 2 heterocycles. The van der Waals surface area contributed by atoms with E-state index in [1.807, 2.05) is 18.5 Å². The van der Waals surface area contributed by atoms with E-state index in [2.05, 4.69) is 28.3 Å². The van der Waals surface area contributed by atoms with Crippen molar-refractivity contribution in [1.29, 1.82) is 0 Å². The Morgan fingerprint density at radius 3 is 3.00 bits per heavy atom. The summed E-state index contributed by atoms with van der Waals surface area (Å²) in [5.74, 6) is -0.251. The van der Waals surface area contributed by atoms with E-state index in [4.69, 9.17) is 0 Å². The monoisotopic (exact) mass is 263 g/mol. The summed E-state index contributed by atoms with van der Waals surface area (Å²) in [7, 11) is 7.12. The van der Waals surface area contributed by atoms with Crippen molar-refractivity contribution in [2.24, 2.45) is 0 Å². The summed E-state index contributed by atoms with van der Waals surface area (Å²) < 4.78 is 8.45. The smallest absolute Gasteiger partial charge is 0.326 e. The molecule has 0 N–H and O–H groups in total. The Balaban J connectivity index is 2.26. The molecule has 0 radical (unpaired) electrons. The summed E-state index contributed by atoms with van der Waals surface area (Å²) in [6.07, 6.45) is 2.33. The Hall–Kier alpha value is -0.0700. The molecular formula is C7H12N3O2P3. The minimum absolute atomic E-state index is 0.251. The van der Waals surface area contributed by atoms with Crippen LogP contribution in [0.4, 0.5) is 0 Å². The van der Waals surface area contributed by atoms with Crippen LogP contribution in [0.5, 0.6) is 0 Å². The molecule has 1 aliphatic rings. The predicted molar refractivity (Wildman–Crippen MR) is 65.9 cm³/mol. The van der Waals surface area contributed by atoms with Gasteiger partial charge in [-0.3, -0.25) is 9.46 Å². The second-order valence-electron chi connectivity index (χ2n) is 3.37. The summed E-state index contributed by atoms with van der Waals surface area (Å²) in [4.78, 5) is 15.7. The maximum absolute atomic E-state index is 11.5. The van der Waals surface area contributed by atoms with Crippen LogP contribution in [0.1, 0.15) is 11.4 Å². The number of carbonyl (C=O) groups is 1. The standard InChI is InChI=1S/C7H12N3O2P3/c11-7(12-15)5-1-4-6(2-9(5)13)10(14)3-8-4/h3,5H,1-2,13-15H2/t5-/m0/s1. The largest absolute Gasteiger partial charge is 0.450 e. The van der Waals surface area contributed by atoms with E-state index in [1.165, 1.54) is 0 Å². The number of hydrogen-bond donors (Lipinski definition) is 0. The topological polar surface area (TPSA) is 47.4 Å². The second-order valence-corrected chi connectivity index (χ2v) is 4.83. The van der Waals surface area contributed by atoms with Crippen molar-refractivity contribution in [3.8, 4) is 0 Å². The molecule has 3 unspecified atom stereocenters. The number of nitrogens with zero attached hydrogens (tertiary/aromatic N) is 3. The maximum Gasteiger partial charge on any atom is 0.326 e. The quantitative estimate of drug-likeness (QED) is 0.687. The van der Waals surface area contributed by atoms with E-state index in [-0.39, 0.29) is 12.0 Å². The molecule has 0 saturated carbocycles. The molecule has 0 bridgehead atoms. The van der Waals surface area contributed by atoms with E-state index in [0.717, 1.165) is 11.4 Å². The third-order valence-corrected chi connectivity index (χ3v) is 3.71. The lowest BCUT2D eigenvalue weighted by Gasteiger charge is -2.29. The number of rotatable bonds is 1. The highest BCUT2D eigenvalue weighted by molar-refractivity contribution is 7.14. The first-order chi connectivity index (χ1) is 7.13. The third kappa shape index (κ3) is 2.07. The Morgan fingerprint density at radius 1 is 1.60 bits per heavy atom. The van der Waals surface area contributed by atoms with Crippen LogP contribution < -0.4 is 0 Å². The van der Waals surface area contributed by atoms with Gasteiger partial charge in [0.15, 0.2) is 0 Å². The number of imidazole rings is 1. The molecule has 1 aromatic heterocycles. The molecular weight excluding hydrogens is 251 g/mol. The SMILES string of the molecule is O=C(OP)[C@@H]1Cc2ncn(P)c2CN1P. The van der Waals surface area contributed by atoms with Crippen molar-refractivity contribution < 1.29 is 9.32 Å². The first-order valence-corrected chi connectivity index (χ1v) is 5.86. The third-order valence-electron chi connectivity index (χ3n) is 2.49.